The second-order valence-corrected chi connectivity index (χ2v) is 7.00. The molecule has 2 N–H and O–H groups in total. The van der Waals surface area contributed by atoms with Crippen LogP contribution in [0.25, 0.3) is 0 Å². The van der Waals surface area contributed by atoms with Crippen molar-refractivity contribution in [1.82, 2.24) is 0 Å². The van der Waals surface area contributed by atoms with Gasteiger partial charge in [-0.1, -0.05) is 18.9 Å². The van der Waals surface area contributed by atoms with Crippen molar-refractivity contribution in [1.29, 1.82) is 0 Å². The zero-order valence-electron chi connectivity index (χ0n) is 10.6. The molecule has 0 radical (unpaired) electrons. The van der Waals surface area contributed by atoms with Crippen LogP contribution in [0.15, 0.2) is 23.1 Å². The number of thioether (sulfide) groups is 1. The number of hydrogen-bond donors (Lipinski definition) is 1. The van der Waals surface area contributed by atoms with Crippen LogP contribution in [0.1, 0.15) is 44.1 Å². The van der Waals surface area contributed by atoms with Gasteiger partial charge < -0.3 is 5.73 Å². The molecule has 0 unspecified atom stereocenters. The standard InChI is InChI=1S/C15H20FNS/c16-13-9-11(15(10-17)7-1-2-8-15)3-6-14(13)18-12-4-5-12/h3,6,9,12H,1-2,4-5,7-8,10,17H2. The predicted molar refractivity (Wildman–Crippen MR) is 74.5 cm³/mol. The highest BCUT2D eigenvalue weighted by Crippen LogP contribution is 2.43. The topological polar surface area (TPSA) is 26.0 Å². The van der Waals surface area contributed by atoms with E-state index in [1.165, 1.54) is 25.7 Å². The van der Waals surface area contributed by atoms with E-state index in [4.69, 9.17) is 5.73 Å². The molecule has 0 aromatic heterocycles. The molecule has 3 rings (SSSR count). The third kappa shape index (κ3) is 2.30. The van der Waals surface area contributed by atoms with Gasteiger partial charge in [0.15, 0.2) is 0 Å². The molecule has 0 atom stereocenters. The summed E-state index contributed by atoms with van der Waals surface area (Å²) in [7, 11) is 0. The van der Waals surface area contributed by atoms with Crippen LogP contribution in [0.2, 0.25) is 0 Å². The molecule has 2 saturated carbocycles. The Bertz CT molecular complexity index is 436. The van der Waals surface area contributed by atoms with Gasteiger partial charge in [0.2, 0.25) is 0 Å². The van der Waals surface area contributed by atoms with Gasteiger partial charge in [0.25, 0.3) is 0 Å². The molecule has 98 valence electrons. The SMILES string of the molecule is NCC1(c2ccc(SC3CC3)c(F)c2)CCCC1. The molecule has 2 fully saturated rings. The van der Waals surface area contributed by atoms with E-state index in [9.17, 15) is 4.39 Å². The third-order valence-electron chi connectivity index (χ3n) is 4.31. The second kappa shape index (κ2) is 4.86. The van der Waals surface area contributed by atoms with E-state index in [0.29, 0.717) is 11.8 Å². The Hall–Kier alpha value is -0.540. The molecule has 0 amide bonds. The summed E-state index contributed by atoms with van der Waals surface area (Å²) in [5.74, 6) is -0.0517. The average Bonchev–Trinajstić information content (AvgIpc) is 3.06. The molecule has 0 spiro atoms. The summed E-state index contributed by atoms with van der Waals surface area (Å²) in [6, 6.07) is 5.80. The number of hydrogen-bond acceptors (Lipinski definition) is 2. The molecule has 1 aromatic rings. The van der Waals surface area contributed by atoms with Crippen molar-refractivity contribution in [2.45, 2.75) is 54.1 Å². The van der Waals surface area contributed by atoms with Crippen LogP contribution < -0.4 is 5.73 Å². The van der Waals surface area contributed by atoms with Gasteiger partial charge in [-0.2, -0.15) is 0 Å². The third-order valence-corrected chi connectivity index (χ3v) is 5.70. The molecule has 2 aliphatic carbocycles. The lowest BCUT2D eigenvalue weighted by Gasteiger charge is -2.28. The fourth-order valence-electron chi connectivity index (χ4n) is 2.95. The van der Waals surface area contributed by atoms with Crippen molar-refractivity contribution < 1.29 is 4.39 Å². The van der Waals surface area contributed by atoms with Crippen LogP contribution in [-0.2, 0) is 5.41 Å². The van der Waals surface area contributed by atoms with Crippen molar-refractivity contribution in [3.63, 3.8) is 0 Å². The number of halogens is 1. The summed E-state index contributed by atoms with van der Waals surface area (Å²) in [6.45, 7) is 0.640. The first-order valence-corrected chi connectivity index (χ1v) is 7.78. The molecule has 0 heterocycles. The Morgan fingerprint density at radius 2 is 2.00 bits per heavy atom. The van der Waals surface area contributed by atoms with E-state index in [2.05, 4.69) is 6.07 Å². The van der Waals surface area contributed by atoms with Crippen LogP contribution >= 0.6 is 11.8 Å². The van der Waals surface area contributed by atoms with Crippen molar-refractivity contribution in [3.8, 4) is 0 Å². The molecule has 0 saturated heterocycles. The van der Waals surface area contributed by atoms with Crippen LogP contribution in [0.4, 0.5) is 4.39 Å². The maximum absolute atomic E-state index is 14.1. The van der Waals surface area contributed by atoms with Crippen LogP contribution in [-0.4, -0.2) is 11.8 Å². The van der Waals surface area contributed by atoms with Gasteiger partial charge in [-0.3, -0.25) is 0 Å². The van der Waals surface area contributed by atoms with Gasteiger partial charge in [0.1, 0.15) is 5.82 Å². The minimum absolute atomic E-state index is 0.0453. The van der Waals surface area contributed by atoms with E-state index in [1.54, 1.807) is 17.8 Å². The second-order valence-electron chi connectivity index (χ2n) is 5.65. The highest BCUT2D eigenvalue weighted by Gasteiger charge is 2.35. The van der Waals surface area contributed by atoms with Crippen molar-refractivity contribution in [2.24, 2.45) is 5.73 Å². The normalized spacial score (nSPS) is 22.3. The van der Waals surface area contributed by atoms with Gasteiger partial charge in [-0.25, -0.2) is 4.39 Å². The molecule has 3 heteroatoms. The van der Waals surface area contributed by atoms with Crippen LogP contribution in [0, 0.1) is 5.82 Å². The fraction of sp³-hybridized carbons (Fsp3) is 0.600. The van der Waals surface area contributed by atoms with Gasteiger partial charge in [0, 0.05) is 22.1 Å². The largest absolute Gasteiger partial charge is 0.330 e. The van der Waals surface area contributed by atoms with Gasteiger partial charge >= 0.3 is 0 Å². The zero-order chi connectivity index (χ0) is 12.6. The summed E-state index contributed by atoms with van der Waals surface area (Å²) in [5, 5.41) is 0.653. The van der Waals surface area contributed by atoms with E-state index in [-0.39, 0.29) is 11.2 Å². The summed E-state index contributed by atoms with van der Waals surface area (Å²) in [6.07, 6.45) is 7.13. The lowest BCUT2D eigenvalue weighted by atomic mass is 9.79. The molecule has 1 aromatic carbocycles. The monoisotopic (exact) mass is 265 g/mol. The molecule has 2 aliphatic rings. The quantitative estimate of drug-likeness (QED) is 0.895. The highest BCUT2D eigenvalue weighted by atomic mass is 32.2. The Balaban J connectivity index is 1.86. The van der Waals surface area contributed by atoms with Gasteiger partial charge in [-0.05, 0) is 43.4 Å². The van der Waals surface area contributed by atoms with Crippen molar-refractivity contribution >= 4 is 11.8 Å². The van der Waals surface area contributed by atoms with Gasteiger partial charge in [-0.15, -0.1) is 11.8 Å². The van der Waals surface area contributed by atoms with E-state index >= 15 is 0 Å². The number of rotatable bonds is 4. The first-order valence-electron chi connectivity index (χ1n) is 6.90. The Labute approximate surface area is 112 Å². The highest BCUT2D eigenvalue weighted by molar-refractivity contribution is 8.00. The smallest absolute Gasteiger partial charge is 0.137 e. The molecule has 1 nitrogen and oxygen atoms in total. The number of nitrogens with two attached hydrogens (primary N) is 1. The van der Waals surface area contributed by atoms with Crippen LogP contribution in [0.3, 0.4) is 0 Å². The first kappa shape index (κ1) is 12.5. The maximum Gasteiger partial charge on any atom is 0.137 e. The summed E-state index contributed by atoms with van der Waals surface area (Å²) in [5.41, 5.74) is 7.11. The van der Waals surface area contributed by atoms with Gasteiger partial charge in [0.05, 0.1) is 0 Å². The van der Waals surface area contributed by atoms with E-state index in [0.717, 1.165) is 23.3 Å². The zero-order valence-corrected chi connectivity index (χ0v) is 11.4. The molecule has 0 aliphatic heterocycles. The first-order chi connectivity index (χ1) is 8.73. The van der Waals surface area contributed by atoms with Crippen LogP contribution in [0.5, 0.6) is 0 Å². The fourth-order valence-corrected chi connectivity index (χ4v) is 4.00. The lowest BCUT2D eigenvalue weighted by Crippen LogP contribution is -2.32. The molecule has 18 heavy (non-hydrogen) atoms. The van der Waals surface area contributed by atoms with E-state index < -0.39 is 0 Å². The average molecular weight is 265 g/mol. The summed E-state index contributed by atoms with van der Waals surface area (Å²) >= 11 is 1.69. The van der Waals surface area contributed by atoms with Crippen molar-refractivity contribution in [2.75, 3.05) is 6.54 Å². The van der Waals surface area contributed by atoms with E-state index in [1.807, 2.05) is 6.07 Å². The Morgan fingerprint density at radius 1 is 1.28 bits per heavy atom. The summed E-state index contributed by atoms with van der Waals surface area (Å²) < 4.78 is 14.1. The van der Waals surface area contributed by atoms with Crippen molar-refractivity contribution in [3.05, 3.63) is 29.6 Å². The Kier molecular flexibility index (Phi) is 3.37. The predicted octanol–water partition coefficient (Wildman–Crippen LogP) is 3.85. The lowest BCUT2D eigenvalue weighted by molar-refractivity contribution is 0.448. The molecular weight excluding hydrogens is 245 g/mol. The molecule has 0 bridgehead atoms. The summed E-state index contributed by atoms with van der Waals surface area (Å²) in [4.78, 5) is 0.811. The minimum atomic E-state index is -0.0517. The maximum atomic E-state index is 14.1. The molecular formula is C15H20FNS. The Morgan fingerprint density at radius 3 is 2.56 bits per heavy atom. The number of benzene rings is 1. The minimum Gasteiger partial charge on any atom is -0.330 e.